The molecule has 0 radical (unpaired) electrons. The van der Waals surface area contributed by atoms with Gasteiger partial charge < -0.3 is 5.32 Å². The number of benzene rings is 3. The summed E-state index contributed by atoms with van der Waals surface area (Å²) in [5.41, 5.74) is 2.12. The quantitative estimate of drug-likeness (QED) is 0.535. The molecular formula is C26H21N3O5S. The highest BCUT2D eigenvalue weighted by Crippen LogP contribution is 2.32. The van der Waals surface area contributed by atoms with Crippen LogP contribution in [0.1, 0.15) is 33.6 Å². The second-order valence-electron chi connectivity index (χ2n) is 8.36. The van der Waals surface area contributed by atoms with Gasteiger partial charge in [0.05, 0.1) is 16.0 Å². The number of nitrogens with zero attached hydrogens (tertiary/aromatic N) is 1. The molecule has 2 aliphatic heterocycles. The number of anilines is 1. The van der Waals surface area contributed by atoms with E-state index in [1.807, 2.05) is 30.3 Å². The third-order valence-corrected chi connectivity index (χ3v) is 7.50. The highest BCUT2D eigenvalue weighted by molar-refractivity contribution is 7.92. The van der Waals surface area contributed by atoms with Gasteiger partial charge in [-0.1, -0.05) is 55.1 Å². The van der Waals surface area contributed by atoms with Crippen LogP contribution in [0.25, 0.3) is 11.1 Å². The lowest BCUT2D eigenvalue weighted by atomic mass is 10.0. The maximum Gasteiger partial charge on any atom is 0.262 e. The van der Waals surface area contributed by atoms with Gasteiger partial charge in [0.2, 0.25) is 5.91 Å². The molecule has 3 aromatic carbocycles. The van der Waals surface area contributed by atoms with Gasteiger partial charge in [-0.25, -0.2) is 8.42 Å². The largest absolute Gasteiger partial charge is 0.329 e. The minimum Gasteiger partial charge on any atom is -0.329 e. The molecule has 176 valence electrons. The number of rotatable bonds is 5. The average molecular weight is 488 g/mol. The zero-order valence-electron chi connectivity index (χ0n) is 18.5. The first-order valence-corrected chi connectivity index (χ1v) is 12.4. The molecule has 1 saturated heterocycles. The lowest BCUT2D eigenvalue weighted by Crippen LogP contribution is -2.51. The first-order chi connectivity index (χ1) is 16.8. The third-order valence-electron chi connectivity index (χ3n) is 6.07. The molecule has 1 unspecified atom stereocenters. The molecule has 1 fully saturated rings. The number of hydrogen-bond acceptors (Lipinski definition) is 5. The summed E-state index contributed by atoms with van der Waals surface area (Å²) in [6.45, 7) is 3.71. The number of amides is 3. The maximum atomic E-state index is 13.3. The van der Waals surface area contributed by atoms with Crippen LogP contribution in [0.5, 0.6) is 0 Å². The fraction of sp³-hybridized carbons (Fsp3) is 0.115. The summed E-state index contributed by atoms with van der Waals surface area (Å²) in [6, 6.07) is 19.0. The minimum atomic E-state index is -4.02. The summed E-state index contributed by atoms with van der Waals surface area (Å²) >= 11 is 0. The number of fused-ring (bicyclic) bond motifs is 1. The summed E-state index contributed by atoms with van der Waals surface area (Å²) in [6.07, 6.45) is 0.738. The van der Waals surface area contributed by atoms with Gasteiger partial charge in [0.15, 0.2) is 0 Å². The van der Waals surface area contributed by atoms with E-state index in [1.54, 1.807) is 18.2 Å². The molecule has 0 aromatic heterocycles. The first-order valence-electron chi connectivity index (χ1n) is 10.9. The monoisotopic (exact) mass is 487 g/mol. The molecule has 9 heteroatoms. The average Bonchev–Trinajstić information content (AvgIpc) is 3.09. The predicted molar refractivity (Wildman–Crippen MR) is 130 cm³/mol. The number of piperidine rings is 1. The maximum absolute atomic E-state index is 13.3. The number of imide groups is 1. The van der Waals surface area contributed by atoms with E-state index in [0.717, 1.165) is 10.5 Å². The molecule has 5 rings (SSSR count). The summed E-state index contributed by atoms with van der Waals surface area (Å²) in [5, 5.41) is 2.58. The van der Waals surface area contributed by atoms with E-state index in [1.165, 1.54) is 24.3 Å². The first kappa shape index (κ1) is 22.5. The van der Waals surface area contributed by atoms with E-state index in [-0.39, 0.29) is 28.1 Å². The number of carbonyl (C=O) groups excluding carboxylic acids is 3. The number of hydrogen-bond donors (Lipinski definition) is 2. The third kappa shape index (κ3) is 4.00. The van der Waals surface area contributed by atoms with E-state index in [0.29, 0.717) is 17.7 Å². The van der Waals surface area contributed by atoms with E-state index >= 15 is 0 Å². The van der Waals surface area contributed by atoms with Crippen molar-refractivity contribution in [3.8, 4) is 11.1 Å². The van der Waals surface area contributed by atoms with Gasteiger partial charge >= 0.3 is 0 Å². The van der Waals surface area contributed by atoms with Crippen LogP contribution in [0.15, 0.2) is 90.0 Å². The van der Waals surface area contributed by atoms with E-state index in [9.17, 15) is 22.8 Å². The second-order valence-corrected chi connectivity index (χ2v) is 10.0. The number of sulfonamides is 1. The highest BCUT2D eigenvalue weighted by atomic mass is 32.2. The van der Waals surface area contributed by atoms with E-state index in [2.05, 4.69) is 16.6 Å². The molecule has 8 nitrogen and oxygen atoms in total. The zero-order chi connectivity index (χ0) is 24.7. The van der Waals surface area contributed by atoms with Gasteiger partial charge in [-0.3, -0.25) is 24.0 Å². The van der Waals surface area contributed by atoms with Gasteiger partial charge in [0.25, 0.3) is 21.8 Å². The topological polar surface area (TPSA) is 113 Å². The Labute approximate surface area is 202 Å². The van der Waals surface area contributed by atoms with Crippen molar-refractivity contribution in [2.24, 2.45) is 0 Å². The molecular weight excluding hydrogens is 466 g/mol. The molecule has 1 atom stereocenters. The van der Waals surface area contributed by atoms with Crippen LogP contribution in [-0.4, -0.2) is 37.1 Å². The van der Waals surface area contributed by atoms with Crippen molar-refractivity contribution in [1.29, 1.82) is 0 Å². The summed E-state index contributed by atoms with van der Waals surface area (Å²) in [7, 11) is -4.02. The summed E-state index contributed by atoms with van der Waals surface area (Å²) < 4.78 is 29.1. The normalized spacial score (nSPS) is 17.8. The van der Waals surface area contributed by atoms with Crippen LogP contribution < -0.4 is 10.0 Å². The van der Waals surface area contributed by atoms with Gasteiger partial charge in [0, 0.05) is 16.9 Å². The van der Waals surface area contributed by atoms with Gasteiger partial charge in [-0.15, -0.1) is 0 Å². The van der Waals surface area contributed by atoms with E-state index in [4.69, 9.17) is 0 Å². The molecule has 0 bridgehead atoms. The van der Waals surface area contributed by atoms with Crippen molar-refractivity contribution in [3.05, 3.63) is 96.2 Å². The number of allylic oxidation sites excluding steroid dienone is 1. The van der Waals surface area contributed by atoms with Crippen molar-refractivity contribution in [1.82, 2.24) is 10.2 Å². The van der Waals surface area contributed by atoms with Crippen molar-refractivity contribution in [3.63, 3.8) is 0 Å². The van der Waals surface area contributed by atoms with Crippen molar-refractivity contribution in [2.75, 3.05) is 4.72 Å². The molecule has 35 heavy (non-hydrogen) atoms. The molecule has 3 aromatic rings. The SMILES string of the molecule is C=C1CCC(N2C(=O)c3ccc(NS(=O)(=O)c4ccccc4-c4ccccc4)cc3C2=O)C(=O)N1. The summed E-state index contributed by atoms with van der Waals surface area (Å²) in [5.74, 6) is -1.68. The molecule has 0 spiro atoms. The van der Waals surface area contributed by atoms with Gasteiger partial charge in [-0.2, -0.15) is 0 Å². The Balaban J connectivity index is 1.45. The van der Waals surface area contributed by atoms with Crippen LogP contribution in [-0.2, 0) is 14.8 Å². The predicted octanol–water partition coefficient (Wildman–Crippen LogP) is 3.54. The Morgan fingerprint density at radius 2 is 1.54 bits per heavy atom. The Hall–Kier alpha value is -4.24. The van der Waals surface area contributed by atoms with Crippen LogP contribution in [0, 0.1) is 0 Å². The lowest BCUT2D eigenvalue weighted by molar-refractivity contribution is -0.125. The summed E-state index contributed by atoms with van der Waals surface area (Å²) in [4.78, 5) is 39.4. The van der Waals surface area contributed by atoms with Crippen molar-refractivity contribution >= 4 is 33.4 Å². The highest BCUT2D eigenvalue weighted by Gasteiger charge is 2.44. The van der Waals surface area contributed by atoms with Crippen molar-refractivity contribution < 1.29 is 22.8 Å². The lowest BCUT2D eigenvalue weighted by Gasteiger charge is -2.29. The Morgan fingerprint density at radius 3 is 2.29 bits per heavy atom. The standard InChI is InChI=1S/C26H21N3O5S/c1-16-11-14-22(24(30)27-16)29-25(31)20-13-12-18(15-21(20)26(29)32)28-35(33,34)23-10-6-5-9-19(23)17-7-3-2-4-8-17/h2-10,12-13,15,22,28H,1,11,14H2,(H,27,30). The fourth-order valence-electron chi connectivity index (χ4n) is 4.38. The minimum absolute atomic E-state index is 0.0451. The smallest absolute Gasteiger partial charge is 0.262 e. The molecule has 3 amide bonds. The van der Waals surface area contributed by atoms with Crippen molar-refractivity contribution in [2.45, 2.75) is 23.8 Å². The van der Waals surface area contributed by atoms with Crippen LogP contribution in [0.2, 0.25) is 0 Å². The fourth-order valence-corrected chi connectivity index (χ4v) is 5.66. The zero-order valence-corrected chi connectivity index (χ0v) is 19.3. The van der Waals surface area contributed by atoms with E-state index < -0.39 is 33.8 Å². The van der Waals surface area contributed by atoms with Gasteiger partial charge in [-0.05, 0) is 42.7 Å². The molecule has 2 heterocycles. The van der Waals surface area contributed by atoms with Crippen LogP contribution >= 0.6 is 0 Å². The molecule has 2 aliphatic rings. The number of nitrogens with one attached hydrogen (secondary N) is 2. The molecule has 0 aliphatic carbocycles. The van der Waals surface area contributed by atoms with Gasteiger partial charge in [0.1, 0.15) is 6.04 Å². The molecule has 0 saturated carbocycles. The molecule has 2 N–H and O–H groups in total. The number of carbonyl (C=O) groups is 3. The Kier molecular flexibility index (Phi) is 5.49. The Morgan fingerprint density at radius 1 is 0.857 bits per heavy atom. The second kappa shape index (κ2) is 8.52. The van der Waals surface area contributed by atoms with Crippen LogP contribution in [0.4, 0.5) is 5.69 Å². The van der Waals surface area contributed by atoms with Crippen LogP contribution in [0.3, 0.4) is 0 Å². The Bertz CT molecular complexity index is 1500.